The Morgan fingerprint density at radius 1 is 1.32 bits per heavy atom. The van der Waals surface area contributed by atoms with E-state index in [-0.39, 0.29) is 10.5 Å². The van der Waals surface area contributed by atoms with Gasteiger partial charge in [-0.3, -0.25) is 0 Å². The maximum atomic E-state index is 11.8. The molecule has 0 saturated heterocycles. The number of hydrogen-bond acceptors (Lipinski definition) is 6. The zero-order valence-electron chi connectivity index (χ0n) is 12.7. The fourth-order valence-corrected chi connectivity index (χ4v) is 2.22. The van der Waals surface area contributed by atoms with Gasteiger partial charge in [0.15, 0.2) is 0 Å². The maximum Gasteiger partial charge on any atom is 0.349 e. The molecule has 7 heteroatoms. The van der Waals surface area contributed by atoms with Crippen molar-refractivity contribution in [3.05, 3.63) is 36.4 Å². The Labute approximate surface area is 131 Å². The van der Waals surface area contributed by atoms with Gasteiger partial charge in [-0.05, 0) is 44.0 Å². The van der Waals surface area contributed by atoms with E-state index in [0.29, 0.717) is 12.1 Å². The lowest BCUT2D eigenvalue weighted by atomic mass is 10.1. The van der Waals surface area contributed by atoms with Gasteiger partial charge in [0, 0.05) is 11.3 Å². The number of unbranched alkanes of at least 4 members (excludes halogenated alkanes) is 1. The van der Waals surface area contributed by atoms with Crippen LogP contribution in [0.4, 0.5) is 5.69 Å². The second-order valence-electron chi connectivity index (χ2n) is 4.34. The van der Waals surface area contributed by atoms with Crippen LogP contribution in [0.3, 0.4) is 0 Å². The van der Waals surface area contributed by atoms with Crippen molar-refractivity contribution < 1.29 is 22.2 Å². The number of aldehydes is 1. The number of anilines is 1. The van der Waals surface area contributed by atoms with Crippen molar-refractivity contribution in [1.29, 1.82) is 0 Å². The zero-order chi connectivity index (χ0) is 17.2. The average Bonchev–Trinajstić information content (AvgIpc) is 2.45. The molecule has 0 unspecified atom stereocenters. The van der Waals surface area contributed by atoms with Crippen LogP contribution in [0.5, 0.6) is 0 Å². The summed E-state index contributed by atoms with van der Waals surface area (Å²) in [6.45, 7) is 6.93. The summed E-state index contributed by atoms with van der Waals surface area (Å²) in [7, 11) is -4.11. The smallest absolute Gasteiger partial charge is 0.349 e. The van der Waals surface area contributed by atoms with Crippen molar-refractivity contribution >= 4 is 28.1 Å². The molecule has 0 heterocycles. The highest BCUT2D eigenvalue weighted by molar-refractivity contribution is 7.87. The number of nitrogen functional groups attached to an aromatic ring is 1. The SMILES string of the molecule is C=C(CCCC)C(=O)OS(=O)(=O)c1ccc(N)cc1.CC=O. The Bertz CT molecular complexity index is 605. The Morgan fingerprint density at radius 2 is 1.82 bits per heavy atom. The summed E-state index contributed by atoms with van der Waals surface area (Å²) in [5.74, 6) is -0.912. The van der Waals surface area contributed by atoms with E-state index in [4.69, 9.17) is 10.5 Å². The lowest BCUT2D eigenvalue weighted by Crippen LogP contribution is -2.14. The lowest BCUT2D eigenvalue weighted by molar-refractivity contribution is -0.129. The summed E-state index contributed by atoms with van der Waals surface area (Å²) in [5.41, 5.74) is 6.04. The van der Waals surface area contributed by atoms with Crippen molar-refractivity contribution in [2.45, 2.75) is 38.0 Å². The van der Waals surface area contributed by atoms with Crippen LogP contribution in [0.25, 0.3) is 0 Å². The standard InChI is InChI=1S/C13H17NO4S.C2H4O/c1-3-4-5-10(2)13(15)18-19(16,17)12-8-6-11(14)7-9-12;1-2-3/h6-9H,2-5,14H2,1H3;2H,1H3. The van der Waals surface area contributed by atoms with Crippen LogP contribution in [-0.2, 0) is 23.9 Å². The minimum absolute atomic E-state index is 0.113. The van der Waals surface area contributed by atoms with Crippen molar-refractivity contribution in [3.8, 4) is 0 Å². The topological polar surface area (TPSA) is 104 Å². The second kappa shape index (κ2) is 9.73. The number of nitrogens with two attached hydrogens (primary N) is 1. The van der Waals surface area contributed by atoms with Crippen LogP contribution in [0.2, 0.25) is 0 Å². The molecule has 0 bridgehead atoms. The third kappa shape index (κ3) is 7.03. The quantitative estimate of drug-likeness (QED) is 0.372. The number of carbonyl (C=O) groups excluding carboxylic acids is 2. The van der Waals surface area contributed by atoms with Gasteiger partial charge in [-0.15, -0.1) is 0 Å². The number of carbonyl (C=O) groups is 2. The van der Waals surface area contributed by atoms with Crippen LogP contribution in [0.15, 0.2) is 41.3 Å². The Hall–Kier alpha value is -2.15. The van der Waals surface area contributed by atoms with E-state index in [2.05, 4.69) is 10.8 Å². The van der Waals surface area contributed by atoms with Crippen molar-refractivity contribution in [2.75, 3.05) is 5.73 Å². The Morgan fingerprint density at radius 3 is 2.27 bits per heavy atom. The van der Waals surface area contributed by atoms with E-state index < -0.39 is 16.1 Å². The predicted molar refractivity (Wildman–Crippen MR) is 84.5 cm³/mol. The van der Waals surface area contributed by atoms with Gasteiger partial charge >= 0.3 is 16.1 Å². The highest BCUT2D eigenvalue weighted by Crippen LogP contribution is 2.17. The fraction of sp³-hybridized carbons (Fsp3) is 0.333. The Balaban J connectivity index is 0.00000135. The molecule has 122 valence electrons. The minimum atomic E-state index is -4.11. The highest BCUT2D eigenvalue weighted by atomic mass is 32.2. The molecule has 2 N–H and O–H groups in total. The van der Waals surface area contributed by atoms with Crippen LogP contribution >= 0.6 is 0 Å². The van der Waals surface area contributed by atoms with Gasteiger partial charge < -0.3 is 14.7 Å². The second-order valence-corrected chi connectivity index (χ2v) is 5.88. The van der Waals surface area contributed by atoms with Crippen LogP contribution < -0.4 is 5.73 Å². The van der Waals surface area contributed by atoms with Gasteiger partial charge in [0.25, 0.3) is 0 Å². The molecule has 0 amide bonds. The summed E-state index contributed by atoms with van der Waals surface area (Å²) in [4.78, 5) is 20.3. The van der Waals surface area contributed by atoms with Gasteiger partial charge in [0.2, 0.25) is 0 Å². The van der Waals surface area contributed by atoms with Gasteiger partial charge in [-0.2, -0.15) is 8.42 Å². The fourth-order valence-electron chi connectivity index (χ4n) is 1.33. The third-order valence-electron chi connectivity index (χ3n) is 2.47. The van der Waals surface area contributed by atoms with Crippen LogP contribution in [-0.4, -0.2) is 20.7 Å². The van der Waals surface area contributed by atoms with Gasteiger partial charge in [-0.1, -0.05) is 19.9 Å². The molecular formula is C15H21NO5S. The average molecular weight is 327 g/mol. The number of benzene rings is 1. The lowest BCUT2D eigenvalue weighted by Gasteiger charge is -2.07. The van der Waals surface area contributed by atoms with E-state index in [9.17, 15) is 13.2 Å². The molecule has 22 heavy (non-hydrogen) atoms. The molecule has 0 aromatic heterocycles. The van der Waals surface area contributed by atoms with E-state index in [1.165, 1.54) is 31.2 Å². The van der Waals surface area contributed by atoms with E-state index in [1.807, 2.05) is 6.92 Å². The van der Waals surface area contributed by atoms with Gasteiger partial charge in [-0.25, -0.2) is 4.79 Å². The molecule has 0 saturated carbocycles. The Kier molecular flexibility index (Phi) is 8.78. The van der Waals surface area contributed by atoms with Crippen molar-refractivity contribution in [1.82, 2.24) is 0 Å². The molecule has 0 aliphatic rings. The molecule has 1 aromatic rings. The summed E-state index contributed by atoms with van der Waals surface area (Å²) >= 11 is 0. The predicted octanol–water partition coefficient (Wildman–Crippen LogP) is 2.45. The zero-order valence-corrected chi connectivity index (χ0v) is 13.6. The first-order valence-electron chi connectivity index (χ1n) is 6.70. The van der Waals surface area contributed by atoms with Gasteiger partial charge in [0.1, 0.15) is 11.2 Å². The molecular weight excluding hydrogens is 306 g/mol. The largest absolute Gasteiger partial charge is 0.399 e. The highest BCUT2D eigenvalue weighted by Gasteiger charge is 2.21. The normalized spacial score (nSPS) is 10.1. The molecule has 1 aromatic carbocycles. The van der Waals surface area contributed by atoms with Crippen molar-refractivity contribution in [2.24, 2.45) is 0 Å². The number of rotatable bonds is 6. The van der Waals surface area contributed by atoms with E-state index in [1.54, 1.807) is 0 Å². The molecule has 1 rings (SSSR count). The molecule has 0 atom stereocenters. The minimum Gasteiger partial charge on any atom is -0.399 e. The van der Waals surface area contributed by atoms with Crippen molar-refractivity contribution in [3.63, 3.8) is 0 Å². The molecule has 0 radical (unpaired) electrons. The molecule has 0 spiro atoms. The molecule has 0 fully saturated rings. The van der Waals surface area contributed by atoms with Gasteiger partial charge in [0.05, 0.1) is 0 Å². The first kappa shape index (κ1) is 19.9. The van der Waals surface area contributed by atoms with Crippen LogP contribution in [0.1, 0.15) is 33.1 Å². The summed E-state index contributed by atoms with van der Waals surface area (Å²) in [5, 5.41) is 0. The van der Waals surface area contributed by atoms with Crippen LogP contribution in [0, 0.1) is 0 Å². The summed E-state index contributed by atoms with van der Waals surface area (Å²) in [6, 6.07) is 5.42. The first-order valence-corrected chi connectivity index (χ1v) is 8.11. The van der Waals surface area contributed by atoms with E-state index >= 15 is 0 Å². The monoisotopic (exact) mass is 327 g/mol. The maximum absolute atomic E-state index is 11.8. The molecule has 6 nitrogen and oxygen atoms in total. The first-order chi connectivity index (χ1) is 10.3. The molecule has 0 aliphatic carbocycles. The third-order valence-corrected chi connectivity index (χ3v) is 3.70. The summed E-state index contributed by atoms with van der Waals surface area (Å²) < 4.78 is 28.1. The van der Waals surface area contributed by atoms with E-state index in [0.717, 1.165) is 19.1 Å². The summed E-state index contributed by atoms with van der Waals surface area (Å²) in [6.07, 6.45) is 2.82. The molecule has 0 aliphatic heterocycles. The number of hydrogen-bond donors (Lipinski definition) is 1.